The maximum absolute atomic E-state index is 11.9. The van der Waals surface area contributed by atoms with Crippen molar-refractivity contribution < 1.29 is 8.42 Å². The van der Waals surface area contributed by atoms with Crippen LogP contribution in [0, 0.1) is 5.92 Å². The second kappa shape index (κ2) is 6.35. The summed E-state index contributed by atoms with van der Waals surface area (Å²) in [6.07, 6.45) is 7.86. The van der Waals surface area contributed by atoms with Crippen molar-refractivity contribution in [3.05, 3.63) is 0 Å². The normalized spacial score (nSPS) is 27.1. The Hall–Kier alpha value is -0.130. The van der Waals surface area contributed by atoms with Gasteiger partial charge in [-0.1, -0.05) is 19.3 Å². The van der Waals surface area contributed by atoms with Gasteiger partial charge >= 0.3 is 0 Å². The molecule has 18 heavy (non-hydrogen) atoms. The summed E-state index contributed by atoms with van der Waals surface area (Å²) < 4.78 is 26.7. The summed E-state index contributed by atoms with van der Waals surface area (Å²) in [4.78, 5) is 0. The number of hydrogen-bond acceptors (Lipinski definition) is 3. The van der Waals surface area contributed by atoms with Crippen molar-refractivity contribution in [1.82, 2.24) is 10.0 Å². The molecule has 4 nitrogen and oxygen atoms in total. The molecule has 2 unspecified atom stereocenters. The lowest BCUT2D eigenvalue weighted by molar-refractivity contribution is 0.392. The van der Waals surface area contributed by atoms with E-state index in [2.05, 4.69) is 10.0 Å². The van der Waals surface area contributed by atoms with E-state index in [0.717, 1.165) is 31.7 Å². The molecule has 2 rings (SSSR count). The molecule has 0 amide bonds. The van der Waals surface area contributed by atoms with Crippen molar-refractivity contribution in [2.45, 2.75) is 64.0 Å². The molecule has 2 atom stereocenters. The molecule has 1 saturated heterocycles. The molecule has 0 aromatic carbocycles. The Morgan fingerprint density at radius 3 is 2.67 bits per heavy atom. The monoisotopic (exact) mass is 274 g/mol. The van der Waals surface area contributed by atoms with E-state index < -0.39 is 10.0 Å². The highest BCUT2D eigenvalue weighted by atomic mass is 32.2. The van der Waals surface area contributed by atoms with Crippen molar-refractivity contribution in [3.8, 4) is 0 Å². The Morgan fingerprint density at radius 1 is 1.28 bits per heavy atom. The maximum Gasteiger partial charge on any atom is 0.211 e. The lowest BCUT2D eigenvalue weighted by atomic mass is 10.0. The van der Waals surface area contributed by atoms with Crippen molar-refractivity contribution in [2.24, 2.45) is 5.92 Å². The third-order valence-corrected chi connectivity index (χ3v) is 5.45. The molecule has 0 aromatic rings. The van der Waals surface area contributed by atoms with Crippen LogP contribution >= 0.6 is 0 Å². The first kappa shape index (κ1) is 14.3. The largest absolute Gasteiger partial charge is 0.314 e. The van der Waals surface area contributed by atoms with Crippen molar-refractivity contribution in [3.63, 3.8) is 0 Å². The fourth-order valence-corrected chi connectivity index (χ4v) is 4.16. The van der Waals surface area contributed by atoms with E-state index in [1.165, 1.54) is 25.7 Å². The van der Waals surface area contributed by atoms with Gasteiger partial charge in [-0.15, -0.1) is 0 Å². The first-order valence-corrected chi connectivity index (χ1v) is 8.94. The molecule has 0 bridgehead atoms. The fraction of sp³-hybridized carbons (Fsp3) is 1.00. The van der Waals surface area contributed by atoms with Crippen LogP contribution in [0.3, 0.4) is 0 Å². The first-order chi connectivity index (χ1) is 8.55. The molecule has 1 saturated carbocycles. The van der Waals surface area contributed by atoms with Gasteiger partial charge in [0.15, 0.2) is 0 Å². The van der Waals surface area contributed by atoms with E-state index in [1.807, 2.05) is 6.92 Å². The predicted molar refractivity (Wildman–Crippen MR) is 74.0 cm³/mol. The zero-order chi connectivity index (χ0) is 13.0. The van der Waals surface area contributed by atoms with Gasteiger partial charge in [0, 0.05) is 12.1 Å². The smallest absolute Gasteiger partial charge is 0.211 e. The number of piperidine rings is 1. The molecular formula is C13H26N2O2S. The minimum atomic E-state index is -3.09. The topological polar surface area (TPSA) is 58.2 Å². The zero-order valence-corrected chi connectivity index (χ0v) is 12.1. The van der Waals surface area contributed by atoms with Crippen LogP contribution in [0.15, 0.2) is 0 Å². The quantitative estimate of drug-likeness (QED) is 0.742. The van der Waals surface area contributed by atoms with E-state index in [4.69, 9.17) is 0 Å². The Bertz CT molecular complexity index is 346. The molecular weight excluding hydrogens is 248 g/mol. The predicted octanol–water partition coefficient (Wildman–Crippen LogP) is 1.63. The van der Waals surface area contributed by atoms with Gasteiger partial charge < -0.3 is 5.32 Å². The zero-order valence-electron chi connectivity index (χ0n) is 11.3. The highest BCUT2D eigenvalue weighted by Gasteiger charge is 2.26. The lowest BCUT2D eigenvalue weighted by Crippen LogP contribution is -2.39. The minimum absolute atomic E-state index is 0.0989. The second-order valence-electron chi connectivity index (χ2n) is 5.95. The SMILES string of the molecule is CC(CC1CC1)NS(=O)(=O)CCC1CCCCN1. The van der Waals surface area contributed by atoms with Crippen molar-refractivity contribution >= 4 is 10.0 Å². The molecule has 2 aliphatic rings. The van der Waals surface area contributed by atoms with Gasteiger partial charge in [-0.3, -0.25) is 0 Å². The van der Waals surface area contributed by atoms with Crippen molar-refractivity contribution in [2.75, 3.05) is 12.3 Å². The van der Waals surface area contributed by atoms with Crippen LogP contribution in [0.25, 0.3) is 0 Å². The van der Waals surface area contributed by atoms with E-state index in [0.29, 0.717) is 6.04 Å². The van der Waals surface area contributed by atoms with Crippen LogP contribution in [-0.2, 0) is 10.0 Å². The molecule has 0 spiro atoms. The van der Waals surface area contributed by atoms with Crippen LogP contribution in [-0.4, -0.2) is 32.8 Å². The molecule has 2 N–H and O–H groups in total. The number of nitrogens with one attached hydrogen (secondary N) is 2. The molecule has 0 aromatic heterocycles. The van der Waals surface area contributed by atoms with Crippen LogP contribution in [0.5, 0.6) is 0 Å². The van der Waals surface area contributed by atoms with Crippen LogP contribution in [0.4, 0.5) is 0 Å². The van der Waals surface area contributed by atoms with Gasteiger partial charge in [0.1, 0.15) is 0 Å². The van der Waals surface area contributed by atoms with Crippen LogP contribution < -0.4 is 10.0 Å². The third kappa shape index (κ3) is 5.24. The summed E-state index contributed by atoms with van der Waals surface area (Å²) >= 11 is 0. The summed E-state index contributed by atoms with van der Waals surface area (Å²) in [5.74, 6) is 1.03. The van der Waals surface area contributed by atoms with Gasteiger partial charge in [0.25, 0.3) is 0 Å². The maximum atomic E-state index is 11.9. The average Bonchev–Trinajstić information content (AvgIpc) is 3.11. The number of sulfonamides is 1. The van der Waals surface area contributed by atoms with Crippen molar-refractivity contribution in [1.29, 1.82) is 0 Å². The fourth-order valence-electron chi connectivity index (χ4n) is 2.73. The van der Waals surface area contributed by atoms with Crippen LogP contribution in [0.2, 0.25) is 0 Å². The van der Waals surface area contributed by atoms with E-state index in [1.54, 1.807) is 0 Å². The summed E-state index contributed by atoms with van der Waals surface area (Å²) in [6.45, 7) is 3.02. The molecule has 5 heteroatoms. The summed E-state index contributed by atoms with van der Waals surface area (Å²) in [5, 5.41) is 3.39. The molecule has 1 heterocycles. The number of rotatable bonds is 7. The van der Waals surface area contributed by atoms with E-state index in [-0.39, 0.29) is 11.8 Å². The first-order valence-electron chi connectivity index (χ1n) is 7.28. The van der Waals surface area contributed by atoms with Gasteiger partial charge in [-0.25, -0.2) is 13.1 Å². The second-order valence-corrected chi connectivity index (χ2v) is 7.83. The third-order valence-electron chi connectivity index (χ3n) is 3.91. The Kier molecular flexibility index (Phi) is 5.04. The highest BCUT2D eigenvalue weighted by Crippen LogP contribution is 2.33. The molecule has 106 valence electrons. The lowest BCUT2D eigenvalue weighted by Gasteiger charge is -2.23. The van der Waals surface area contributed by atoms with Gasteiger partial charge in [-0.05, 0) is 45.1 Å². The van der Waals surface area contributed by atoms with Gasteiger partial charge in [0.2, 0.25) is 10.0 Å². The number of hydrogen-bond donors (Lipinski definition) is 2. The minimum Gasteiger partial charge on any atom is -0.314 e. The standard InChI is InChI=1S/C13H26N2O2S/c1-11(10-12-5-6-12)15-18(16,17)9-7-13-4-2-3-8-14-13/h11-15H,2-10H2,1H3. The van der Waals surface area contributed by atoms with E-state index >= 15 is 0 Å². The average molecular weight is 274 g/mol. The Balaban J connectivity index is 1.68. The highest BCUT2D eigenvalue weighted by molar-refractivity contribution is 7.89. The molecule has 0 radical (unpaired) electrons. The molecule has 1 aliphatic carbocycles. The van der Waals surface area contributed by atoms with Gasteiger partial charge in [0.05, 0.1) is 5.75 Å². The van der Waals surface area contributed by atoms with Gasteiger partial charge in [-0.2, -0.15) is 0 Å². The summed E-state index contributed by atoms with van der Waals surface area (Å²) in [7, 11) is -3.09. The van der Waals surface area contributed by atoms with Crippen LogP contribution in [0.1, 0.15) is 51.9 Å². The summed E-state index contributed by atoms with van der Waals surface area (Å²) in [5.41, 5.74) is 0. The Labute approximate surface area is 111 Å². The van der Waals surface area contributed by atoms with E-state index in [9.17, 15) is 8.42 Å². The Morgan fingerprint density at radius 2 is 2.06 bits per heavy atom. The summed E-state index contributed by atoms with van der Waals surface area (Å²) in [6, 6.07) is 0.496. The molecule has 1 aliphatic heterocycles. The molecule has 2 fully saturated rings.